The SMILES string of the molecule is O=C(c1ccn[nH]1)N1CCc2nc(C(=O)N3CCCCC3)sc2CC1. The summed E-state index contributed by atoms with van der Waals surface area (Å²) in [6.07, 6.45) is 6.41. The van der Waals surface area contributed by atoms with Gasteiger partial charge in [0.25, 0.3) is 11.8 Å². The van der Waals surface area contributed by atoms with Gasteiger partial charge in [0.15, 0.2) is 5.01 Å². The van der Waals surface area contributed by atoms with E-state index in [4.69, 9.17) is 0 Å². The lowest BCUT2D eigenvalue weighted by Gasteiger charge is -2.25. The summed E-state index contributed by atoms with van der Waals surface area (Å²) in [4.78, 5) is 34.6. The molecule has 2 aliphatic rings. The Kier molecular flexibility index (Phi) is 4.52. The topological polar surface area (TPSA) is 82.2 Å². The van der Waals surface area contributed by atoms with Crippen LogP contribution in [0.2, 0.25) is 0 Å². The molecule has 0 atom stereocenters. The van der Waals surface area contributed by atoms with Crippen LogP contribution in [-0.4, -0.2) is 63.0 Å². The van der Waals surface area contributed by atoms with Gasteiger partial charge in [-0.15, -0.1) is 11.3 Å². The second kappa shape index (κ2) is 6.95. The highest BCUT2D eigenvalue weighted by molar-refractivity contribution is 7.13. The molecule has 4 rings (SSSR count). The molecule has 2 aromatic rings. The maximum absolute atomic E-state index is 12.6. The van der Waals surface area contributed by atoms with Gasteiger partial charge in [0.05, 0.1) is 5.69 Å². The first kappa shape index (κ1) is 16.3. The van der Waals surface area contributed by atoms with Crippen molar-refractivity contribution in [3.8, 4) is 0 Å². The third-order valence-electron chi connectivity index (χ3n) is 4.85. The summed E-state index contributed by atoms with van der Waals surface area (Å²) in [6.45, 7) is 2.95. The molecule has 25 heavy (non-hydrogen) atoms. The van der Waals surface area contributed by atoms with Crippen molar-refractivity contribution in [2.75, 3.05) is 26.2 Å². The van der Waals surface area contributed by atoms with Crippen LogP contribution in [0, 0.1) is 0 Å². The number of aromatic amines is 1. The third-order valence-corrected chi connectivity index (χ3v) is 6.00. The second-order valence-corrected chi connectivity index (χ2v) is 7.59. The lowest BCUT2D eigenvalue weighted by Crippen LogP contribution is -2.35. The van der Waals surface area contributed by atoms with E-state index in [0.717, 1.165) is 42.9 Å². The highest BCUT2D eigenvalue weighted by Crippen LogP contribution is 2.25. The number of rotatable bonds is 2. The largest absolute Gasteiger partial charge is 0.337 e. The number of amides is 2. The van der Waals surface area contributed by atoms with Gasteiger partial charge in [0.2, 0.25) is 0 Å². The number of nitrogens with one attached hydrogen (secondary N) is 1. The molecule has 1 N–H and O–H groups in total. The van der Waals surface area contributed by atoms with Gasteiger partial charge >= 0.3 is 0 Å². The summed E-state index contributed by atoms with van der Waals surface area (Å²) in [5, 5.41) is 7.18. The number of H-pyrrole nitrogens is 1. The molecule has 4 heterocycles. The number of nitrogens with zero attached hydrogens (tertiary/aromatic N) is 4. The van der Waals surface area contributed by atoms with Gasteiger partial charge in [-0.3, -0.25) is 14.7 Å². The number of fused-ring (bicyclic) bond motifs is 1. The highest BCUT2D eigenvalue weighted by Gasteiger charge is 2.26. The van der Waals surface area contributed by atoms with Crippen molar-refractivity contribution >= 4 is 23.2 Å². The molecule has 0 unspecified atom stereocenters. The van der Waals surface area contributed by atoms with Crippen LogP contribution in [0.15, 0.2) is 12.3 Å². The first-order valence-electron chi connectivity index (χ1n) is 8.79. The van der Waals surface area contributed by atoms with Crippen LogP contribution >= 0.6 is 11.3 Å². The molecule has 0 spiro atoms. The summed E-state index contributed by atoms with van der Waals surface area (Å²) in [5.41, 5.74) is 1.49. The van der Waals surface area contributed by atoms with E-state index >= 15 is 0 Å². The number of thiazole rings is 1. The first-order chi connectivity index (χ1) is 12.2. The fraction of sp³-hybridized carbons (Fsp3) is 0.529. The molecular formula is C17H21N5O2S. The van der Waals surface area contributed by atoms with Gasteiger partial charge in [-0.2, -0.15) is 5.10 Å². The Morgan fingerprint density at radius 1 is 1.00 bits per heavy atom. The Labute approximate surface area is 150 Å². The summed E-state index contributed by atoms with van der Waals surface area (Å²) in [5.74, 6) is 0.0421. The van der Waals surface area contributed by atoms with Crippen molar-refractivity contribution in [2.24, 2.45) is 0 Å². The zero-order valence-corrected chi connectivity index (χ0v) is 14.8. The third kappa shape index (κ3) is 3.30. The van der Waals surface area contributed by atoms with E-state index < -0.39 is 0 Å². The number of piperidine rings is 1. The van der Waals surface area contributed by atoms with Gasteiger partial charge in [-0.05, 0) is 25.3 Å². The summed E-state index contributed by atoms with van der Waals surface area (Å²) in [6, 6.07) is 1.69. The van der Waals surface area contributed by atoms with E-state index in [1.54, 1.807) is 12.3 Å². The van der Waals surface area contributed by atoms with Crippen LogP contribution in [0.1, 0.15) is 50.1 Å². The molecule has 2 aromatic heterocycles. The van der Waals surface area contributed by atoms with Crippen LogP contribution in [0.25, 0.3) is 0 Å². The molecule has 1 saturated heterocycles. The number of hydrogen-bond acceptors (Lipinski definition) is 5. The van der Waals surface area contributed by atoms with E-state index in [0.29, 0.717) is 30.2 Å². The van der Waals surface area contributed by atoms with Crippen molar-refractivity contribution in [3.05, 3.63) is 33.5 Å². The molecule has 0 radical (unpaired) electrons. The van der Waals surface area contributed by atoms with Crippen LogP contribution in [0.4, 0.5) is 0 Å². The lowest BCUT2D eigenvalue weighted by atomic mass is 10.1. The fourth-order valence-corrected chi connectivity index (χ4v) is 4.50. The van der Waals surface area contributed by atoms with Crippen LogP contribution in [0.3, 0.4) is 0 Å². The monoisotopic (exact) mass is 359 g/mol. The van der Waals surface area contributed by atoms with Gasteiger partial charge in [-0.1, -0.05) is 0 Å². The molecule has 0 bridgehead atoms. The predicted molar refractivity (Wildman–Crippen MR) is 93.8 cm³/mol. The molecule has 0 saturated carbocycles. The number of carbonyl (C=O) groups is 2. The number of aromatic nitrogens is 3. The van der Waals surface area contributed by atoms with Gasteiger partial charge < -0.3 is 9.80 Å². The molecule has 0 aromatic carbocycles. The maximum Gasteiger partial charge on any atom is 0.282 e. The Bertz CT molecular complexity index is 739. The summed E-state index contributed by atoms with van der Waals surface area (Å²) in [7, 11) is 0. The number of hydrogen-bond donors (Lipinski definition) is 1. The lowest BCUT2D eigenvalue weighted by molar-refractivity contribution is 0.0720. The molecule has 2 aliphatic heterocycles. The zero-order valence-electron chi connectivity index (χ0n) is 14.0. The smallest absolute Gasteiger partial charge is 0.282 e. The minimum Gasteiger partial charge on any atom is -0.337 e. The first-order valence-corrected chi connectivity index (χ1v) is 9.60. The van der Waals surface area contributed by atoms with Crippen molar-refractivity contribution in [3.63, 3.8) is 0 Å². The maximum atomic E-state index is 12.6. The average molecular weight is 359 g/mol. The van der Waals surface area contributed by atoms with Crippen molar-refractivity contribution in [1.29, 1.82) is 0 Å². The van der Waals surface area contributed by atoms with Gasteiger partial charge in [0.1, 0.15) is 5.69 Å². The van der Waals surface area contributed by atoms with E-state index in [-0.39, 0.29) is 11.8 Å². The van der Waals surface area contributed by atoms with Crippen molar-refractivity contribution < 1.29 is 9.59 Å². The molecular weight excluding hydrogens is 338 g/mol. The summed E-state index contributed by atoms with van der Waals surface area (Å²) >= 11 is 1.50. The fourth-order valence-electron chi connectivity index (χ4n) is 3.44. The molecule has 132 valence electrons. The predicted octanol–water partition coefficient (Wildman–Crippen LogP) is 1.73. The van der Waals surface area contributed by atoms with E-state index in [9.17, 15) is 9.59 Å². The zero-order chi connectivity index (χ0) is 17.2. The average Bonchev–Trinajstić information content (AvgIpc) is 3.28. The quantitative estimate of drug-likeness (QED) is 0.885. The minimum absolute atomic E-state index is 0.0303. The minimum atomic E-state index is -0.0303. The van der Waals surface area contributed by atoms with Crippen LogP contribution in [-0.2, 0) is 12.8 Å². The van der Waals surface area contributed by atoms with Crippen molar-refractivity contribution in [1.82, 2.24) is 25.0 Å². The van der Waals surface area contributed by atoms with E-state index in [1.165, 1.54) is 17.8 Å². The standard InChI is InChI=1S/C17H21N5O2S/c23-16(13-4-7-18-20-13)22-10-5-12-14(6-11-22)25-15(19-12)17(24)21-8-2-1-3-9-21/h4,7H,1-3,5-6,8-11H2,(H,18,20). The molecule has 2 amide bonds. The number of carbonyl (C=O) groups excluding carboxylic acids is 2. The Morgan fingerprint density at radius 3 is 2.52 bits per heavy atom. The van der Waals surface area contributed by atoms with E-state index in [2.05, 4.69) is 15.2 Å². The Balaban J connectivity index is 1.44. The number of likely N-dealkylation sites (tertiary alicyclic amines) is 1. The normalized spacial score (nSPS) is 17.9. The molecule has 7 nitrogen and oxygen atoms in total. The molecule has 8 heteroatoms. The van der Waals surface area contributed by atoms with Gasteiger partial charge in [-0.25, -0.2) is 4.98 Å². The van der Waals surface area contributed by atoms with Crippen molar-refractivity contribution in [2.45, 2.75) is 32.1 Å². The second-order valence-electron chi connectivity index (χ2n) is 6.50. The molecule has 0 aliphatic carbocycles. The molecule has 1 fully saturated rings. The van der Waals surface area contributed by atoms with Gasteiger partial charge in [0, 0.05) is 50.1 Å². The van der Waals surface area contributed by atoms with E-state index in [1.807, 2.05) is 9.80 Å². The van der Waals surface area contributed by atoms with Crippen LogP contribution < -0.4 is 0 Å². The Hall–Kier alpha value is -2.22. The Morgan fingerprint density at radius 2 is 1.76 bits per heavy atom. The highest BCUT2D eigenvalue weighted by atomic mass is 32.1. The van der Waals surface area contributed by atoms with Crippen LogP contribution in [0.5, 0.6) is 0 Å². The summed E-state index contributed by atoms with van der Waals surface area (Å²) < 4.78 is 0.